The molecule has 11 heteroatoms. The van der Waals surface area contributed by atoms with Crippen molar-refractivity contribution in [3.8, 4) is 11.3 Å². The number of aromatic nitrogens is 1. The van der Waals surface area contributed by atoms with Crippen LogP contribution in [0, 0.1) is 0 Å². The third-order valence-corrected chi connectivity index (χ3v) is 6.29. The zero-order valence-corrected chi connectivity index (χ0v) is 23.0. The molecule has 1 aromatic heterocycles. The number of nitrogens with one attached hydrogen (secondary N) is 3. The highest BCUT2D eigenvalue weighted by atomic mass is 19.3. The highest BCUT2D eigenvalue weighted by Crippen LogP contribution is 2.21. The van der Waals surface area contributed by atoms with Crippen LogP contribution in [0.1, 0.15) is 37.8 Å². The number of Topliss-reactive ketones (excluding diaryl/α,β-unsaturated/α-hetero) is 1. The second-order valence-electron chi connectivity index (χ2n) is 9.70. The molecule has 1 heterocycles. The lowest BCUT2D eigenvalue weighted by Crippen LogP contribution is -2.50. The smallest absolute Gasteiger partial charge is 0.350 e. The molecule has 3 amide bonds. The molecule has 3 aromatic rings. The SMILES string of the molecule is CC(=O)Nc1ccc(-c2ccccc2)n(CC(=O)NCC(=O)C(F)(F)C(=O)NCCc2ccccc2C(C)C)c1=O. The van der Waals surface area contributed by atoms with Gasteiger partial charge < -0.3 is 16.0 Å². The number of hydrogen-bond donors (Lipinski definition) is 3. The number of carbonyl (C=O) groups excluding carboxylic acids is 4. The quantitative estimate of drug-likeness (QED) is 0.290. The van der Waals surface area contributed by atoms with E-state index in [9.17, 15) is 32.8 Å². The van der Waals surface area contributed by atoms with E-state index in [0.717, 1.165) is 15.7 Å². The number of alkyl halides is 2. The van der Waals surface area contributed by atoms with Crippen LogP contribution in [0.2, 0.25) is 0 Å². The number of nitrogens with zero attached hydrogens (tertiary/aromatic N) is 1. The molecule has 0 radical (unpaired) electrons. The summed E-state index contributed by atoms with van der Waals surface area (Å²) in [6.45, 7) is 3.35. The second-order valence-corrected chi connectivity index (χ2v) is 9.70. The van der Waals surface area contributed by atoms with E-state index < -0.39 is 48.1 Å². The summed E-state index contributed by atoms with van der Waals surface area (Å²) in [7, 11) is 0. The average molecular weight is 567 g/mol. The predicted octanol–water partition coefficient (Wildman–Crippen LogP) is 3.28. The third kappa shape index (κ3) is 7.93. The summed E-state index contributed by atoms with van der Waals surface area (Å²) in [5, 5.41) is 6.54. The highest BCUT2D eigenvalue weighted by Gasteiger charge is 2.46. The van der Waals surface area contributed by atoms with Gasteiger partial charge in [0, 0.05) is 13.5 Å². The normalized spacial score (nSPS) is 11.2. The van der Waals surface area contributed by atoms with Crippen molar-refractivity contribution < 1.29 is 28.0 Å². The maximum atomic E-state index is 14.5. The number of benzene rings is 2. The number of hydrogen-bond acceptors (Lipinski definition) is 5. The minimum atomic E-state index is -4.37. The van der Waals surface area contributed by atoms with Crippen LogP contribution in [0.4, 0.5) is 14.5 Å². The van der Waals surface area contributed by atoms with Gasteiger partial charge in [0.2, 0.25) is 17.6 Å². The van der Waals surface area contributed by atoms with Gasteiger partial charge in [0.25, 0.3) is 11.5 Å². The standard InChI is InChI=1S/C30H32F2N4O5/c1-19(2)23-12-8-7-9-21(23)15-16-33-29(41)30(31,32)26(38)17-34-27(39)18-36-25(22-10-5-4-6-11-22)14-13-24(28(36)40)35-20(3)37/h4-14,19H,15-18H2,1-3H3,(H,33,41)(H,34,39)(H,35,37). The molecule has 9 nitrogen and oxygen atoms in total. The third-order valence-electron chi connectivity index (χ3n) is 6.29. The van der Waals surface area contributed by atoms with Crippen LogP contribution in [0.3, 0.4) is 0 Å². The lowest BCUT2D eigenvalue weighted by atomic mass is 9.95. The molecule has 0 atom stereocenters. The average Bonchev–Trinajstić information content (AvgIpc) is 2.94. The molecule has 3 rings (SSSR count). The van der Waals surface area contributed by atoms with Crippen LogP contribution in [0.15, 0.2) is 71.5 Å². The second kappa shape index (κ2) is 13.6. The van der Waals surface area contributed by atoms with E-state index >= 15 is 0 Å². The van der Waals surface area contributed by atoms with Gasteiger partial charge in [-0.25, -0.2) is 0 Å². The summed E-state index contributed by atoms with van der Waals surface area (Å²) in [5.74, 6) is -9.14. The largest absolute Gasteiger partial charge is 0.383 e. The molecule has 216 valence electrons. The Labute approximate surface area is 236 Å². The van der Waals surface area contributed by atoms with E-state index in [1.807, 2.05) is 38.1 Å². The molecule has 0 aliphatic rings. The van der Waals surface area contributed by atoms with Crippen molar-refractivity contribution in [3.63, 3.8) is 0 Å². The van der Waals surface area contributed by atoms with E-state index in [1.165, 1.54) is 19.1 Å². The van der Waals surface area contributed by atoms with E-state index in [-0.39, 0.29) is 18.2 Å². The minimum absolute atomic E-state index is 0.0831. The van der Waals surface area contributed by atoms with Crippen molar-refractivity contribution in [1.29, 1.82) is 0 Å². The molecule has 0 aliphatic heterocycles. The molecular formula is C30H32F2N4O5. The van der Waals surface area contributed by atoms with E-state index in [1.54, 1.807) is 30.3 Å². The number of rotatable bonds is 12. The molecule has 0 saturated carbocycles. The van der Waals surface area contributed by atoms with Gasteiger partial charge >= 0.3 is 5.92 Å². The fourth-order valence-corrected chi connectivity index (χ4v) is 4.24. The van der Waals surface area contributed by atoms with Gasteiger partial charge in [-0.1, -0.05) is 68.4 Å². The Bertz CT molecular complexity index is 1490. The molecule has 0 spiro atoms. The molecule has 0 fully saturated rings. The van der Waals surface area contributed by atoms with Crippen LogP contribution >= 0.6 is 0 Å². The number of halogens is 2. The van der Waals surface area contributed by atoms with Gasteiger partial charge in [-0.3, -0.25) is 28.5 Å². The molecule has 0 bridgehead atoms. The maximum Gasteiger partial charge on any atom is 0.383 e. The minimum Gasteiger partial charge on any atom is -0.350 e. The summed E-state index contributed by atoms with van der Waals surface area (Å²) in [6.07, 6.45) is 0.303. The Kier molecular flexibility index (Phi) is 10.2. The van der Waals surface area contributed by atoms with Gasteiger partial charge in [0.05, 0.1) is 12.2 Å². The van der Waals surface area contributed by atoms with Gasteiger partial charge in [0.15, 0.2) is 0 Å². The number of pyridine rings is 1. The molecule has 0 unspecified atom stereocenters. The van der Waals surface area contributed by atoms with Crippen LogP contribution in [0.5, 0.6) is 0 Å². The fraction of sp³-hybridized carbons (Fsp3) is 0.300. The van der Waals surface area contributed by atoms with Crippen molar-refractivity contribution in [2.75, 3.05) is 18.4 Å². The molecule has 3 N–H and O–H groups in total. The monoisotopic (exact) mass is 566 g/mol. The maximum absolute atomic E-state index is 14.5. The van der Waals surface area contributed by atoms with Crippen LogP contribution in [-0.2, 0) is 32.1 Å². The summed E-state index contributed by atoms with van der Waals surface area (Å²) in [4.78, 5) is 61.5. The molecule has 0 saturated heterocycles. The number of amides is 3. The summed E-state index contributed by atoms with van der Waals surface area (Å²) >= 11 is 0. The predicted molar refractivity (Wildman–Crippen MR) is 151 cm³/mol. The Morgan fingerprint density at radius 2 is 1.56 bits per heavy atom. The van der Waals surface area contributed by atoms with Crippen LogP contribution in [-0.4, -0.2) is 47.1 Å². The van der Waals surface area contributed by atoms with Gasteiger partial charge in [-0.15, -0.1) is 0 Å². The topological polar surface area (TPSA) is 126 Å². The summed E-state index contributed by atoms with van der Waals surface area (Å²) in [5.41, 5.74) is 2.06. The van der Waals surface area contributed by atoms with Gasteiger partial charge in [0.1, 0.15) is 12.2 Å². The van der Waals surface area contributed by atoms with Crippen molar-refractivity contribution in [3.05, 3.63) is 88.2 Å². The van der Waals surface area contributed by atoms with Crippen molar-refractivity contribution in [1.82, 2.24) is 15.2 Å². The Balaban J connectivity index is 1.64. The van der Waals surface area contributed by atoms with Crippen molar-refractivity contribution in [2.45, 2.75) is 45.6 Å². The van der Waals surface area contributed by atoms with Crippen molar-refractivity contribution in [2.24, 2.45) is 0 Å². The summed E-state index contributed by atoms with van der Waals surface area (Å²) in [6, 6.07) is 19.0. The van der Waals surface area contributed by atoms with Gasteiger partial charge in [-0.2, -0.15) is 8.78 Å². The summed E-state index contributed by atoms with van der Waals surface area (Å²) < 4.78 is 30.1. The Morgan fingerprint density at radius 3 is 2.22 bits per heavy atom. The lowest BCUT2D eigenvalue weighted by Gasteiger charge is -2.17. The number of ketones is 1. The van der Waals surface area contributed by atoms with E-state index in [0.29, 0.717) is 17.7 Å². The van der Waals surface area contributed by atoms with E-state index in [4.69, 9.17) is 0 Å². The molecule has 0 aliphatic carbocycles. The number of carbonyl (C=O) groups is 4. The lowest BCUT2D eigenvalue weighted by molar-refractivity contribution is -0.158. The van der Waals surface area contributed by atoms with Crippen molar-refractivity contribution >= 4 is 29.2 Å². The zero-order valence-electron chi connectivity index (χ0n) is 23.0. The van der Waals surface area contributed by atoms with Gasteiger partial charge in [-0.05, 0) is 41.2 Å². The molecular weight excluding hydrogens is 534 g/mol. The first kappa shape index (κ1) is 30.9. The van der Waals surface area contributed by atoms with Crippen LogP contribution < -0.4 is 21.5 Å². The molecule has 41 heavy (non-hydrogen) atoms. The van der Waals surface area contributed by atoms with Crippen LogP contribution in [0.25, 0.3) is 11.3 Å². The van der Waals surface area contributed by atoms with E-state index in [2.05, 4.69) is 16.0 Å². The molecule has 2 aromatic carbocycles. The first-order valence-corrected chi connectivity index (χ1v) is 13.0. The zero-order chi connectivity index (χ0) is 30.2. The Morgan fingerprint density at radius 1 is 0.902 bits per heavy atom. The number of anilines is 1. The Hall–Kier alpha value is -4.67. The highest BCUT2D eigenvalue weighted by molar-refractivity contribution is 6.09. The first-order chi connectivity index (χ1) is 19.4. The fourth-order valence-electron chi connectivity index (χ4n) is 4.24. The first-order valence-electron chi connectivity index (χ1n) is 13.0.